The fraction of sp³-hybridized carbons (Fsp3) is 0.900. The first-order valence-electron chi connectivity index (χ1n) is 5.36. The predicted molar refractivity (Wildman–Crippen MR) is 54.3 cm³/mol. The van der Waals surface area contributed by atoms with Crippen LogP contribution in [0.4, 0.5) is 13.2 Å². The highest BCUT2D eigenvalue weighted by atomic mass is 19.4. The molecule has 16 heavy (non-hydrogen) atoms. The van der Waals surface area contributed by atoms with Crippen LogP contribution in [0.2, 0.25) is 0 Å². The molecule has 0 atom stereocenters. The van der Waals surface area contributed by atoms with E-state index < -0.39 is 18.7 Å². The third-order valence-corrected chi connectivity index (χ3v) is 2.10. The molecule has 0 radical (unpaired) electrons. The van der Waals surface area contributed by atoms with Crippen molar-refractivity contribution in [3.8, 4) is 0 Å². The molecule has 0 bridgehead atoms. The van der Waals surface area contributed by atoms with Crippen LogP contribution in [0.15, 0.2) is 0 Å². The lowest BCUT2D eigenvalue weighted by Gasteiger charge is -2.23. The number of halogens is 3. The van der Waals surface area contributed by atoms with E-state index in [1.165, 1.54) is 4.90 Å². The van der Waals surface area contributed by atoms with Gasteiger partial charge in [0.05, 0.1) is 6.54 Å². The molecule has 0 amide bonds. The minimum atomic E-state index is -4.21. The second-order valence-corrected chi connectivity index (χ2v) is 3.74. The minimum Gasteiger partial charge on any atom is -0.481 e. The van der Waals surface area contributed by atoms with Gasteiger partial charge in [-0.15, -0.1) is 0 Å². The summed E-state index contributed by atoms with van der Waals surface area (Å²) in [6.45, 7) is 1.51. The van der Waals surface area contributed by atoms with Gasteiger partial charge in [0.1, 0.15) is 0 Å². The molecule has 1 N–H and O–H groups in total. The van der Waals surface area contributed by atoms with Crippen LogP contribution in [-0.4, -0.2) is 41.8 Å². The van der Waals surface area contributed by atoms with Crippen LogP contribution in [0.25, 0.3) is 0 Å². The van der Waals surface area contributed by atoms with Crippen molar-refractivity contribution in [2.75, 3.05) is 19.6 Å². The smallest absolute Gasteiger partial charge is 0.401 e. The van der Waals surface area contributed by atoms with E-state index >= 15 is 0 Å². The molecule has 0 aromatic rings. The van der Waals surface area contributed by atoms with Crippen LogP contribution < -0.4 is 0 Å². The van der Waals surface area contributed by atoms with E-state index in [0.29, 0.717) is 13.0 Å². The van der Waals surface area contributed by atoms with Gasteiger partial charge in [0.2, 0.25) is 0 Å². The van der Waals surface area contributed by atoms with Crippen LogP contribution in [0.3, 0.4) is 0 Å². The zero-order chi connectivity index (χ0) is 12.6. The maximum atomic E-state index is 12.2. The largest absolute Gasteiger partial charge is 0.481 e. The summed E-state index contributed by atoms with van der Waals surface area (Å²) in [5.74, 6) is -0.970. The Labute approximate surface area is 93.2 Å². The normalized spacial score (nSPS) is 12.1. The van der Waals surface area contributed by atoms with Crippen LogP contribution in [-0.2, 0) is 4.79 Å². The summed E-state index contributed by atoms with van der Waals surface area (Å²) in [5, 5.41) is 8.39. The molecule has 96 valence electrons. The Morgan fingerprint density at radius 2 is 1.81 bits per heavy atom. The summed E-state index contributed by atoms with van der Waals surface area (Å²) in [6.07, 6.45) is -2.51. The van der Waals surface area contributed by atoms with Crippen LogP contribution in [0.1, 0.15) is 32.6 Å². The Kier molecular flexibility index (Phi) is 7.12. The quantitative estimate of drug-likeness (QED) is 0.709. The van der Waals surface area contributed by atoms with Gasteiger partial charge in [-0.25, -0.2) is 0 Å². The van der Waals surface area contributed by atoms with Crippen LogP contribution >= 0.6 is 0 Å². The number of nitrogens with zero attached hydrogens (tertiary/aromatic N) is 1. The van der Waals surface area contributed by atoms with Gasteiger partial charge in [-0.05, 0) is 25.9 Å². The summed E-state index contributed by atoms with van der Waals surface area (Å²) in [7, 11) is 0. The van der Waals surface area contributed by atoms with Gasteiger partial charge in [0.25, 0.3) is 0 Å². The van der Waals surface area contributed by atoms with E-state index in [9.17, 15) is 18.0 Å². The molecule has 0 heterocycles. The summed E-state index contributed by atoms with van der Waals surface area (Å²) in [5.41, 5.74) is 0. The van der Waals surface area contributed by atoms with Gasteiger partial charge >= 0.3 is 12.1 Å². The van der Waals surface area contributed by atoms with Crippen molar-refractivity contribution in [3.63, 3.8) is 0 Å². The molecule has 0 aliphatic carbocycles. The van der Waals surface area contributed by atoms with E-state index in [-0.39, 0.29) is 19.4 Å². The minimum absolute atomic E-state index is 0.0829. The summed E-state index contributed by atoms with van der Waals surface area (Å²) in [4.78, 5) is 11.5. The second-order valence-electron chi connectivity index (χ2n) is 3.74. The van der Waals surface area contributed by atoms with E-state index in [4.69, 9.17) is 5.11 Å². The number of carboxylic acids is 1. The molecule has 6 heteroatoms. The lowest BCUT2D eigenvalue weighted by molar-refractivity contribution is -0.146. The number of carboxylic acid groups (broad SMARTS) is 1. The van der Waals surface area contributed by atoms with E-state index in [0.717, 1.165) is 6.42 Å². The fourth-order valence-electron chi connectivity index (χ4n) is 1.36. The van der Waals surface area contributed by atoms with E-state index in [1.54, 1.807) is 0 Å². The fourth-order valence-corrected chi connectivity index (χ4v) is 1.36. The molecule has 0 rings (SSSR count). The molecule has 0 spiro atoms. The molecule has 3 nitrogen and oxygen atoms in total. The maximum Gasteiger partial charge on any atom is 0.401 e. The van der Waals surface area contributed by atoms with Gasteiger partial charge in [0.15, 0.2) is 0 Å². The van der Waals surface area contributed by atoms with Crippen molar-refractivity contribution >= 4 is 5.97 Å². The van der Waals surface area contributed by atoms with E-state index in [2.05, 4.69) is 0 Å². The van der Waals surface area contributed by atoms with Crippen LogP contribution in [0, 0.1) is 0 Å². The SMILES string of the molecule is CCCCN(CCCC(=O)O)CC(F)(F)F. The molecule has 0 aromatic carbocycles. The third-order valence-electron chi connectivity index (χ3n) is 2.10. The van der Waals surface area contributed by atoms with Crippen molar-refractivity contribution in [2.24, 2.45) is 0 Å². The maximum absolute atomic E-state index is 12.2. The van der Waals surface area contributed by atoms with Crippen molar-refractivity contribution < 1.29 is 23.1 Å². The Morgan fingerprint density at radius 1 is 1.25 bits per heavy atom. The number of alkyl halides is 3. The van der Waals surface area contributed by atoms with E-state index in [1.807, 2.05) is 6.92 Å². The molecule has 0 aliphatic rings. The average molecular weight is 241 g/mol. The van der Waals surface area contributed by atoms with Crippen molar-refractivity contribution in [2.45, 2.75) is 38.8 Å². The Morgan fingerprint density at radius 3 is 2.25 bits per heavy atom. The Bertz CT molecular complexity index is 207. The number of carbonyl (C=O) groups is 1. The van der Waals surface area contributed by atoms with Gasteiger partial charge in [-0.2, -0.15) is 13.2 Å². The molecule has 0 aliphatic heterocycles. The van der Waals surface area contributed by atoms with Gasteiger partial charge in [-0.3, -0.25) is 9.69 Å². The zero-order valence-electron chi connectivity index (χ0n) is 9.39. The average Bonchev–Trinajstić information content (AvgIpc) is 2.11. The lowest BCUT2D eigenvalue weighted by atomic mass is 10.2. The monoisotopic (exact) mass is 241 g/mol. The van der Waals surface area contributed by atoms with Gasteiger partial charge < -0.3 is 5.11 Å². The first-order chi connectivity index (χ1) is 7.35. The summed E-state index contributed by atoms with van der Waals surface area (Å²) < 4.78 is 36.5. The molecular weight excluding hydrogens is 223 g/mol. The van der Waals surface area contributed by atoms with Crippen molar-refractivity contribution in [1.29, 1.82) is 0 Å². The van der Waals surface area contributed by atoms with Crippen molar-refractivity contribution in [1.82, 2.24) is 4.90 Å². The number of rotatable bonds is 8. The topological polar surface area (TPSA) is 40.5 Å². The number of hydrogen-bond donors (Lipinski definition) is 1. The summed E-state index contributed by atoms with van der Waals surface area (Å²) in [6, 6.07) is 0. The Balaban J connectivity index is 3.95. The first-order valence-corrected chi connectivity index (χ1v) is 5.36. The molecule has 0 unspecified atom stereocenters. The highest BCUT2D eigenvalue weighted by Gasteiger charge is 2.30. The highest BCUT2D eigenvalue weighted by Crippen LogP contribution is 2.17. The number of aliphatic carboxylic acids is 1. The van der Waals surface area contributed by atoms with Crippen molar-refractivity contribution in [3.05, 3.63) is 0 Å². The Hall–Kier alpha value is -0.780. The first kappa shape index (κ1) is 15.2. The molecule has 0 aromatic heterocycles. The highest BCUT2D eigenvalue weighted by molar-refractivity contribution is 5.66. The number of hydrogen-bond acceptors (Lipinski definition) is 2. The lowest BCUT2D eigenvalue weighted by Crippen LogP contribution is -2.35. The zero-order valence-corrected chi connectivity index (χ0v) is 9.39. The van der Waals surface area contributed by atoms with Gasteiger partial charge in [0, 0.05) is 6.42 Å². The molecule has 0 saturated carbocycles. The third kappa shape index (κ3) is 9.76. The molecule has 0 saturated heterocycles. The van der Waals surface area contributed by atoms with Crippen LogP contribution in [0.5, 0.6) is 0 Å². The molecular formula is C10H18F3NO2. The molecule has 0 fully saturated rings. The second kappa shape index (κ2) is 7.49. The predicted octanol–water partition coefficient (Wildman–Crippen LogP) is 2.52. The number of unbranched alkanes of at least 4 members (excludes halogenated alkanes) is 1. The van der Waals surface area contributed by atoms with Gasteiger partial charge in [-0.1, -0.05) is 13.3 Å². The summed E-state index contributed by atoms with van der Waals surface area (Å²) >= 11 is 0. The standard InChI is InChI=1S/C10H18F3NO2/c1-2-3-6-14(8-10(11,12)13)7-4-5-9(15)16/h2-8H2,1H3,(H,15,16).